The summed E-state index contributed by atoms with van der Waals surface area (Å²) in [6, 6.07) is 0. The zero-order chi connectivity index (χ0) is 7.73. The molecule has 0 aromatic heterocycles. The molecule has 2 aliphatic rings. The van der Waals surface area contributed by atoms with Crippen molar-refractivity contribution in [3.8, 4) is 0 Å². The molecule has 2 aliphatic carbocycles. The third-order valence-electron chi connectivity index (χ3n) is 3.49. The van der Waals surface area contributed by atoms with Gasteiger partial charge in [-0.1, -0.05) is 6.92 Å². The second-order valence-corrected chi connectivity index (χ2v) is 4.35. The molecule has 1 heteroatoms. The summed E-state index contributed by atoms with van der Waals surface area (Å²) >= 11 is 0. The molecular weight excluding hydrogens is 134 g/mol. The highest BCUT2D eigenvalue weighted by Gasteiger charge is 2.43. The van der Waals surface area contributed by atoms with Crippen LogP contribution in [0.15, 0.2) is 0 Å². The van der Waals surface area contributed by atoms with Crippen molar-refractivity contribution in [3.63, 3.8) is 0 Å². The van der Waals surface area contributed by atoms with E-state index < -0.39 is 0 Å². The molecule has 0 atom stereocenters. The van der Waals surface area contributed by atoms with E-state index in [9.17, 15) is 0 Å². The molecule has 0 aromatic carbocycles. The van der Waals surface area contributed by atoms with Crippen LogP contribution in [0.3, 0.4) is 0 Å². The highest BCUT2D eigenvalue weighted by molar-refractivity contribution is 5.01. The second kappa shape index (κ2) is 2.78. The maximum absolute atomic E-state index is 3.74. The fourth-order valence-corrected chi connectivity index (χ4v) is 2.83. The van der Waals surface area contributed by atoms with Gasteiger partial charge in [-0.25, -0.2) is 0 Å². The van der Waals surface area contributed by atoms with Crippen molar-refractivity contribution in [1.29, 1.82) is 0 Å². The largest absolute Gasteiger partial charge is 0.311 e. The average Bonchev–Trinajstić information content (AvgIpc) is 2.60. The molecule has 1 nitrogen and oxygen atoms in total. The first kappa shape index (κ1) is 7.60. The molecular formula is C10H19N. The zero-order valence-electron chi connectivity index (χ0n) is 7.53. The Balaban J connectivity index is 1.89. The van der Waals surface area contributed by atoms with E-state index >= 15 is 0 Å². The van der Waals surface area contributed by atoms with Gasteiger partial charge in [0.1, 0.15) is 0 Å². The molecule has 0 amide bonds. The first-order chi connectivity index (χ1) is 5.35. The van der Waals surface area contributed by atoms with Crippen molar-refractivity contribution >= 4 is 0 Å². The van der Waals surface area contributed by atoms with Gasteiger partial charge < -0.3 is 5.32 Å². The maximum Gasteiger partial charge on any atom is 0.0184 e. The molecule has 0 saturated heterocycles. The topological polar surface area (TPSA) is 12.0 Å². The van der Waals surface area contributed by atoms with Crippen molar-refractivity contribution in [2.75, 3.05) is 6.54 Å². The second-order valence-electron chi connectivity index (χ2n) is 4.35. The van der Waals surface area contributed by atoms with Crippen LogP contribution in [-0.2, 0) is 0 Å². The van der Waals surface area contributed by atoms with Crippen LogP contribution in [0.2, 0.25) is 0 Å². The molecule has 2 saturated carbocycles. The van der Waals surface area contributed by atoms with E-state index in [2.05, 4.69) is 12.2 Å². The Morgan fingerprint density at radius 2 is 2.09 bits per heavy atom. The molecule has 11 heavy (non-hydrogen) atoms. The number of nitrogens with one attached hydrogen (secondary N) is 1. The fraction of sp³-hybridized carbons (Fsp3) is 1.00. The highest BCUT2D eigenvalue weighted by Crippen LogP contribution is 2.47. The van der Waals surface area contributed by atoms with E-state index in [1.165, 1.54) is 45.1 Å². The van der Waals surface area contributed by atoms with Crippen LogP contribution >= 0.6 is 0 Å². The minimum absolute atomic E-state index is 0.612. The number of rotatable bonds is 3. The maximum atomic E-state index is 3.74. The van der Waals surface area contributed by atoms with Gasteiger partial charge in [-0.3, -0.25) is 0 Å². The van der Waals surface area contributed by atoms with Crippen molar-refractivity contribution < 1.29 is 0 Å². The van der Waals surface area contributed by atoms with Gasteiger partial charge in [0, 0.05) is 5.54 Å². The fourth-order valence-electron chi connectivity index (χ4n) is 2.83. The van der Waals surface area contributed by atoms with E-state index in [0.29, 0.717) is 5.54 Å². The summed E-state index contributed by atoms with van der Waals surface area (Å²) in [6.07, 6.45) is 8.67. The highest BCUT2D eigenvalue weighted by atomic mass is 15.0. The van der Waals surface area contributed by atoms with Crippen LogP contribution < -0.4 is 5.32 Å². The third kappa shape index (κ3) is 1.31. The molecule has 0 spiro atoms. The minimum atomic E-state index is 0.612. The zero-order valence-corrected chi connectivity index (χ0v) is 7.53. The molecule has 2 bridgehead atoms. The van der Waals surface area contributed by atoms with Crippen LogP contribution in [0, 0.1) is 5.92 Å². The Bertz CT molecular complexity index is 134. The summed E-state index contributed by atoms with van der Waals surface area (Å²) in [5.41, 5.74) is 0.612. The van der Waals surface area contributed by atoms with Gasteiger partial charge in [0.2, 0.25) is 0 Å². The molecule has 0 unspecified atom stereocenters. The van der Waals surface area contributed by atoms with Crippen LogP contribution in [0.5, 0.6) is 0 Å². The first-order valence-corrected chi connectivity index (χ1v) is 5.10. The van der Waals surface area contributed by atoms with Gasteiger partial charge in [0.05, 0.1) is 0 Å². The summed E-state index contributed by atoms with van der Waals surface area (Å²) in [6.45, 7) is 3.48. The molecule has 64 valence electrons. The first-order valence-electron chi connectivity index (χ1n) is 5.10. The van der Waals surface area contributed by atoms with Crippen LogP contribution in [0.25, 0.3) is 0 Å². The van der Waals surface area contributed by atoms with Crippen LogP contribution in [0.1, 0.15) is 45.4 Å². The molecule has 2 fully saturated rings. The molecule has 0 aromatic rings. The average molecular weight is 153 g/mol. The van der Waals surface area contributed by atoms with Crippen molar-refractivity contribution in [1.82, 2.24) is 5.32 Å². The normalized spacial score (nSPS) is 41.7. The summed E-state index contributed by atoms with van der Waals surface area (Å²) in [7, 11) is 0. The molecule has 2 rings (SSSR count). The Kier molecular flexibility index (Phi) is 1.92. The smallest absolute Gasteiger partial charge is 0.0184 e. The van der Waals surface area contributed by atoms with Crippen molar-refractivity contribution in [3.05, 3.63) is 0 Å². The Morgan fingerprint density at radius 3 is 2.55 bits per heavy atom. The standard InChI is InChI=1S/C10H19N/c1-2-7-11-10-5-3-9(8-10)4-6-10/h9,11H,2-8H2,1H3. The van der Waals surface area contributed by atoms with Crippen molar-refractivity contribution in [2.24, 2.45) is 5.92 Å². The lowest BCUT2D eigenvalue weighted by Gasteiger charge is -2.27. The molecule has 0 heterocycles. The summed E-state index contributed by atoms with van der Waals surface area (Å²) in [5, 5.41) is 3.74. The van der Waals surface area contributed by atoms with Crippen molar-refractivity contribution in [2.45, 2.75) is 51.0 Å². The van der Waals surface area contributed by atoms with Gasteiger partial charge in [0.15, 0.2) is 0 Å². The Labute approximate surface area is 69.6 Å². The van der Waals surface area contributed by atoms with E-state index in [-0.39, 0.29) is 0 Å². The van der Waals surface area contributed by atoms with Gasteiger partial charge in [-0.15, -0.1) is 0 Å². The van der Waals surface area contributed by atoms with Gasteiger partial charge in [-0.05, 0) is 51.0 Å². The quantitative estimate of drug-likeness (QED) is 0.656. The summed E-state index contributed by atoms with van der Waals surface area (Å²) in [4.78, 5) is 0. The lowest BCUT2D eigenvalue weighted by Crippen LogP contribution is -2.41. The molecule has 0 aliphatic heterocycles. The lowest BCUT2D eigenvalue weighted by molar-refractivity contribution is 0.328. The van der Waals surface area contributed by atoms with Gasteiger partial charge in [0.25, 0.3) is 0 Å². The van der Waals surface area contributed by atoms with Gasteiger partial charge >= 0.3 is 0 Å². The number of hydrogen-bond acceptors (Lipinski definition) is 1. The minimum Gasteiger partial charge on any atom is -0.311 e. The Hall–Kier alpha value is -0.0400. The monoisotopic (exact) mass is 153 g/mol. The summed E-state index contributed by atoms with van der Waals surface area (Å²) < 4.78 is 0. The van der Waals surface area contributed by atoms with E-state index in [1.54, 1.807) is 0 Å². The third-order valence-corrected chi connectivity index (χ3v) is 3.49. The summed E-state index contributed by atoms with van der Waals surface area (Å²) in [5.74, 6) is 1.08. The predicted octanol–water partition coefficient (Wildman–Crippen LogP) is 2.32. The number of fused-ring (bicyclic) bond motifs is 2. The van der Waals surface area contributed by atoms with E-state index in [0.717, 1.165) is 5.92 Å². The van der Waals surface area contributed by atoms with Crippen LogP contribution in [-0.4, -0.2) is 12.1 Å². The lowest BCUT2D eigenvalue weighted by atomic mass is 9.94. The van der Waals surface area contributed by atoms with E-state index in [4.69, 9.17) is 0 Å². The van der Waals surface area contributed by atoms with Crippen LogP contribution in [0.4, 0.5) is 0 Å². The Morgan fingerprint density at radius 1 is 1.36 bits per heavy atom. The molecule has 1 N–H and O–H groups in total. The molecule has 0 radical (unpaired) electrons. The SMILES string of the molecule is CCCNC12CCC(CC1)C2. The van der Waals surface area contributed by atoms with Gasteiger partial charge in [-0.2, -0.15) is 0 Å². The number of hydrogen-bond donors (Lipinski definition) is 1. The predicted molar refractivity (Wildman–Crippen MR) is 47.6 cm³/mol. The van der Waals surface area contributed by atoms with E-state index in [1.807, 2.05) is 0 Å².